The molecular formula is C36H42N2O9. The maximum atomic E-state index is 15.1. The fourth-order valence-corrected chi connectivity index (χ4v) is 7.98. The Hall–Kier alpha value is -4.48. The van der Waals surface area contributed by atoms with E-state index in [-0.39, 0.29) is 18.3 Å². The molecule has 0 N–H and O–H groups in total. The summed E-state index contributed by atoms with van der Waals surface area (Å²) in [6.07, 6.45) is 0.352. The van der Waals surface area contributed by atoms with Gasteiger partial charge in [0.25, 0.3) is 0 Å². The van der Waals surface area contributed by atoms with Crippen LogP contribution >= 0.6 is 0 Å². The number of hydrogen-bond donors (Lipinski definition) is 0. The number of methoxy groups -OCH3 is 6. The number of fused-ring (bicyclic) bond motifs is 7. The number of Topliss-reactive ketones (excluding diaryl/α,β-unsaturated/α-hetero) is 1. The number of carbonyl (C=O) groups is 2. The van der Waals surface area contributed by atoms with Gasteiger partial charge in [-0.3, -0.25) is 14.5 Å². The van der Waals surface area contributed by atoms with Gasteiger partial charge in [-0.15, -0.1) is 0 Å². The monoisotopic (exact) mass is 646 g/mol. The number of amides is 1. The van der Waals surface area contributed by atoms with Crippen LogP contribution in [0.4, 0.5) is 0 Å². The van der Waals surface area contributed by atoms with Gasteiger partial charge in [-0.05, 0) is 26.5 Å². The number of likely N-dealkylation sites (N-methyl/N-ethyl adjacent to an activating group) is 1. The van der Waals surface area contributed by atoms with Crippen LogP contribution in [0.1, 0.15) is 55.8 Å². The van der Waals surface area contributed by atoms with Gasteiger partial charge in [0.2, 0.25) is 5.91 Å². The molecule has 11 heteroatoms. The average molecular weight is 647 g/mol. The van der Waals surface area contributed by atoms with Crippen LogP contribution < -0.4 is 28.4 Å². The Labute approximate surface area is 275 Å². The predicted octanol–water partition coefficient (Wildman–Crippen LogP) is 4.62. The lowest BCUT2D eigenvalue weighted by Crippen LogP contribution is -2.68. The Bertz CT molecular complexity index is 1720. The molecule has 1 saturated heterocycles. The molecule has 6 rings (SSSR count). The number of hydrogen-bond acceptors (Lipinski definition) is 10. The summed E-state index contributed by atoms with van der Waals surface area (Å²) in [5, 5.41) is 0. The molecular weight excluding hydrogens is 604 g/mol. The van der Waals surface area contributed by atoms with E-state index in [0.29, 0.717) is 64.2 Å². The highest BCUT2D eigenvalue weighted by atomic mass is 16.5. The Morgan fingerprint density at radius 1 is 0.702 bits per heavy atom. The van der Waals surface area contributed by atoms with E-state index in [1.807, 2.05) is 56.1 Å². The van der Waals surface area contributed by atoms with Crippen molar-refractivity contribution in [3.05, 3.63) is 69.3 Å². The first kappa shape index (κ1) is 32.5. The number of ether oxygens (including phenoxy) is 7. The van der Waals surface area contributed by atoms with Crippen LogP contribution in [-0.2, 0) is 22.6 Å². The third-order valence-electron chi connectivity index (χ3n) is 9.92. The Kier molecular flexibility index (Phi) is 8.71. The Morgan fingerprint density at radius 3 is 1.83 bits per heavy atom. The molecule has 1 fully saturated rings. The average Bonchev–Trinajstić information content (AvgIpc) is 3.07. The summed E-state index contributed by atoms with van der Waals surface area (Å²) < 4.78 is 41.9. The Balaban J connectivity index is 1.62. The van der Waals surface area contributed by atoms with Crippen molar-refractivity contribution in [2.45, 2.75) is 51.0 Å². The molecule has 0 saturated carbocycles. The Morgan fingerprint density at radius 2 is 1.26 bits per heavy atom. The summed E-state index contributed by atoms with van der Waals surface area (Å²) in [5.41, 5.74) is 4.79. The number of piperazine rings is 1. The van der Waals surface area contributed by atoms with E-state index in [9.17, 15) is 4.79 Å². The molecule has 250 valence electrons. The SMILES string of the molecule is COc1c(C)c(OC)c(OC)c2c1C[C@H]1C(=O)N3[C@H](C(=O)c4c(OC)c(C)c(OC)c(OC)c4[C@@H]3COCc3ccccc3)[C@@H]2N1C. The number of rotatable bonds is 10. The van der Waals surface area contributed by atoms with Crippen molar-refractivity contribution < 1.29 is 42.7 Å². The summed E-state index contributed by atoms with van der Waals surface area (Å²) in [6.45, 7) is 4.13. The molecule has 3 aromatic carbocycles. The number of carbonyl (C=O) groups excluding carboxylic acids is 2. The smallest absolute Gasteiger partial charge is 0.241 e. The van der Waals surface area contributed by atoms with Crippen molar-refractivity contribution >= 4 is 11.7 Å². The summed E-state index contributed by atoms with van der Waals surface area (Å²) in [5.74, 6) is 2.35. The summed E-state index contributed by atoms with van der Waals surface area (Å²) in [7, 11) is 11.3. The van der Waals surface area contributed by atoms with E-state index >= 15 is 4.79 Å². The quantitative estimate of drug-likeness (QED) is 0.310. The predicted molar refractivity (Wildman–Crippen MR) is 173 cm³/mol. The highest BCUT2D eigenvalue weighted by molar-refractivity contribution is 6.10. The van der Waals surface area contributed by atoms with E-state index in [4.69, 9.17) is 33.2 Å². The summed E-state index contributed by atoms with van der Waals surface area (Å²) in [6, 6.07) is 6.96. The second-order valence-electron chi connectivity index (χ2n) is 12.0. The molecule has 0 aliphatic carbocycles. The second kappa shape index (κ2) is 12.6. The van der Waals surface area contributed by atoms with E-state index in [1.54, 1.807) is 33.3 Å². The molecule has 2 bridgehead atoms. The zero-order valence-corrected chi connectivity index (χ0v) is 28.4. The molecule has 11 nitrogen and oxygen atoms in total. The van der Waals surface area contributed by atoms with E-state index in [0.717, 1.165) is 22.3 Å². The zero-order valence-electron chi connectivity index (χ0n) is 28.4. The van der Waals surface area contributed by atoms with Crippen LogP contribution in [0.25, 0.3) is 0 Å². The standard InChI is InChI=1S/C36H42N2O9/c1-18-30(41-4)21-15-22-36(40)38-23(17-47-16-20-13-11-10-12-14-20)25-26(31(42-5)19(2)33(44-7)35(25)46-9)29(39)28(38)27(37(22)3)24(21)34(45-8)32(18)43-6/h10-14,22-23,27-28H,15-17H2,1-9H3/t22-,23-,27+,28-/m0/s1. The lowest BCUT2D eigenvalue weighted by atomic mass is 9.72. The molecule has 0 aromatic heterocycles. The highest BCUT2D eigenvalue weighted by Crippen LogP contribution is 2.58. The topological polar surface area (TPSA) is 105 Å². The van der Waals surface area contributed by atoms with Crippen molar-refractivity contribution in [1.29, 1.82) is 0 Å². The second-order valence-corrected chi connectivity index (χ2v) is 12.0. The molecule has 0 unspecified atom stereocenters. The van der Waals surface area contributed by atoms with Crippen molar-refractivity contribution in [2.24, 2.45) is 0 Å². The minimum atomic E-state index is -0.960. The number of nitrogens with zero attached hydrogens (tertiary/aromatic N) is 2. The van der Waals surface area contributed by atoms with Crippen LogP contribution in [-0.4, -0.2) is 89.9 Å². The number of ketones is 1. The lowest BCUT2D eigenvalue weighted by molar-refractivity contribution is -0.156. The van der Waals surface area contributed by atoms with Gasteiger partial charge in [-0.1, -0.05) is 30.3 Å². The molecule has 47 heavy (non-hydrogen) atoms. The minimum Gasteiger partial charge on any atom is -0.496 e. The van der Waals surface area contributed by atoms with Crippen molar-refractivity contribution in [1.82, 2.24) is 9.80 Å². The lowest BCUT2D eigenvalue weighted by Gasteiger charge is -2.56. The van der Waals surface area contributed by atoms with Gasteiger partial charge >= 0.3 is 0 Å². The van der Waals surface area contributed by atoms with Crippen LogP contribution in [0.3, 0.4) is 0 Å². The molecule has 3 aromatic rings. The highest BCUT2D eigenvalue weighted by Gasteiger charge is 2.59. The molecule has 1 amide bonds. The van der Waals surface area contributed by atoms with Gasteiger partial charge in [-0.2, -0.15) is 0 Å². The molecule has 3 aliphatic heterocycles. The fourth-order valence-electron chi connectivity index (χ4n) is 7.98. The van der Waals surface area contributed by atoms with Crippen molar-refractivity contribution in [2.75, 3.05) is 56.3 Å². The normalized spacial score (nSPS) is 21.4. The van der Waals surface area contributed by atoms with E-state index < -0.39 is 24.2 Å². The van der Waals surface area contributed by atoms with Crippen LogP contribution in [0.2, 0.25) is 0 Å². The first-order valence-electron chi connectivity index (χ1n) is 15.5. The first-order valence-corrected chi connectivity index (χ1v) is 15.5. The summed E-state index contributed by atoms with van der Waals surface area (Å²) >= 11 is 0. The van der Waals surface area contributed by atoms with Crippen LogP contribution in [0, 0.1) is 13.8 Å². The molecule has 0 spiro atoms. The molecule has 3 aliphatic rings. The van der Waals surface area contributed by atoms with Crippen LogP contribution in [0.5, 0.6) is 34.5 Å². The van der Waals surface area contributed by atoms with Crippen molar-refractivity contribution in [3.8, 4) is 34.5 Å². The van der Waals surface area contributed by atoms with Gasteiger partial charge in [-0.25, -0.2) is 0 Å². The third kappa shape index (κ3) is 4.70. The van der Waals surface area contributed by atoms with Crippen molar-refractivity contribution in [3.63, 3.8) is 0 Å². The van der Waals surface area contributed by atoms with Gasteiger partial charge in [0.05, 0.1) is 79.6 Å². The van der Waals surface area contributed by atoms with Gasteiger partial charge in [0.1, 0.15) is 17.5 Å². The molecule has 4 atom stereocenters. The fraction of sp³-hybridized carbons (Fsp3) is 0.444. The minimum absolute atomic E-state index is 0.0941. The maximum absolute atomic E-state index is 15.1. The summed E-state index contributed by atoms with van der Waals surface area (Å²) in [4.78, 5) is 33.6. The van der Waals surface area contributed by atoms with E-state index in [2.05, 4.69) is 0 Å². The third-order valence-corrected chi connectivity index (χ3v) is 9.92. The number of benzene rings is 3. The zero-order chi connectivity index (χ0) is 33.7. The van der Waals surface area contributed by atoms with Crippen LogP contribution in [0.15, 0.2) is 30.3 Å². The van der Waals surface area contributed by atoms with Gasteiger partial charge in [0, 0.05) is 34.2 Å². The molecule has 0 radical (unpaired) electrons. The maximum Gasteiger partial charge on any atom is 0.241 e. The van der Waals surface area contributed by atoms with E-state index in [1.165, 1.54) is 14.2 Å². The van der Waals surface area contributed by atoms with Gasteiger partial charge in [0.15, 0.2) is 28.8 Å². The molecule has 3 heterocycles. The van der Waals surface area contributed by atoms with Gasteiger partial charge < -0.3 is 38.1 Å². The largest absolute Gasteiger partial charge is 0.496 e. The first-order chi connectivity index (χ1) is 22.7.